The first-order chi connectivity index (χ1) is 14.5. The van der Waals surface area contributed by atoms with Crippen LogP contribution in [0.4, 0.5) is 5.69 Å². The van der Waals surface area contributed by atoms with Gasteiger partial charge in [0.15, 0.2) is 17.1 Å². The van der Waals surface area contributed by atoms with Crippen molar-refractivity contribution in [2.24, 2.45) is 0 Å². The molecular weight excluding hydrogens is 388 g/mol. The van der Waals surface area contributed by atoms with Crippen molar-refractivity contribution >= 4 is 16.8 Å². The van der Waals surface area contributed by atoms with Gasteiger partial charge in [0.25, 0.3) is 5.69 Å². The van der Waals surface area contributed by atoms with E-state index < -0.39 is 4.92 Å². The number of non-ortho nitro benzene ring substituents is 1. The maximum absolute atomic E-state index is 10.9. The van der Waals surface area contributed by atoms with Gasteiger partial charge in [0.1, 0.15) is 11.3 Å². The van der Waals surface area contributed by atoms with Crippen molar-refractivity contribution in [3.8, 4) is 39.7 Å². The summed E-state index contributed by atoms with van der Waals surface area (Å²) in [5, 5.41) is 10.9. The topological polar surface area (TPSA) is 96.9 Å². The van der Waals surface area contributed by atoms with E-state index in [1.807, 2.05) is 12.1 Å². The number of fused-ring (bicyclic) bond motifs is 1. The molecule has 0 saturated carbocycles. The van der Waals surface area contributed by atoms with Crippen LogP contribution in [0, 0.1) is 10.1 Å². The second-order valence-corrected chi connectivity index (χ2v) is 6.40. The fourth-order valence-electron chi connectivity index (χ4n) is 3.29. The number of rotatable bonds is 6. The Morgan fingerprint density at radius 3 is 2.13 bits per heavy atom. The molecule has 0 amide bonds. The lowest BCUT2D eigenvalue weighted by Crippen LogP contribution is -1.95. The summed E-state index contributed by atoms with van der Waals surface area (Å²) in [4.78, 5) is 14.9. The number of pyridine rings is 1. The van der Waals surface area contributed by atoms with Crippen molar-refractivity contribution in [3.63, 3.8) is 0 Å². The molecule has 0 saturated heterocycles. The molecule has 4 rings (SSSR count). The van der Waals surface area contributed by atoms with Crippen LogP contribution in [0.15, 0.2) is 59.1 Å². The monoisotopic (exact) mass is 406 g/mol. The van der Waals surface area contributed by atoms with E-state index in [0.717, 1.165) is 16.7 Å². The molecule has 0 aliphatic carbocycles. The maximum atomic E-state index is 10.9. The molecule has 2 aromatic heterocycles. The molecular formula is C22H18N2O6. The SMILES string of the molecule is COc1cc(-c2cc3nccc(-c4ccc([N+](=O)[O-])cc4)c3o2)cc(OC)c1OC. The summed E-state index contributed by atoms with van der Waals surface area (Å²) >= 11 is 0. The summed E-state index contributed by atoms with van der Waals surface area (Å²) in [5.74, 6) is 2.09. The Labute approximate surface area is 171 Å². The molecule has 0 aliphatic rings. The predicted octanol–water partition coefficient (Wildman–Crippen LogP) is 5.10. The second kappa shape index (κ2) is 7.75. The highest BCUT2D eigenvalue weighted by atomic mass is 16.6. The average Bonchev–Trinajstić information content (AvgIpc) is 3.22. The van der Waals surface area contributed by atoms with Crippen LogP contribution in [-0.2, 0) is 0 Å². The van der Waals surface area contributed by atoms with Gasteiger partial charge in [-0.25, -0.2) is 0 Å². The van der Waals surface area contributed by atoms with E-state index in [-0.39, 0.29) is 5.69 Å². The van der Waals surface area contributed by atoms with Gasteiger partial charge >= 0.3 is 0 Å². The number of nitro benzene ring substituents is 1. The molecule has 0 radical (unpaired) electrons. The van der Waals surface area contributed by atoms with Gasteiger partial charge in [-0.1, -0.05) is 0 Å². The highest BCUT2D eigenvalue weighted by molar-refractivity contribution is 5.92. The van der Waals surface area contributed by atoms with E-state index >= 15 is 0 Å². The second-order valence-electron chi connectivity index (χ2n) is 6.40. The number of ether oxygens (including phenoxy) is 3. The molecule has 30 heavy (non-hydrogen) atoms. The largest absolute Gasteiger partial charge is 0.493 e. The van der Waals surface area contributed by atoms with Gasteiger partial charge < -0.3 is 18.6 Å². The molecule has 8 nitrogen and oxygen atoms in total. The summed E-state index contributed by atoms with van der Waals surface area (Å²) in [5.41, 5.74) is 3.58. The molecule has 0 unspecified atom stereocenters. The third-order valence-electron chi connectivity index (χ3n) is 4.75. The molecule has 8 heteroatoms. The molecule has 0 atom stereocenters. The van der Waals surface area contributed by atoms with E-state index in [2.05, 4.69) is 4.98 Å². The van der Waals surface area contributed by atoms with Gasteiger partial charge in [-0.15, -0.1) is 0 Å². The van der Waals surface area contributed by atoms with E-state index in [1.165, 1.54) is 12.1 Å². The molecule has 0 aliphatic heterocycles. The number of aromatic nitrogens is 1. The fraction of sp³-hybridized carbons (Fsp3) is 0.136. The minimum Gasteiger partial charge on any atom is -0.493 e. The van der Waals surface area contributed by atoms with Gasteiger partial charge in [-0.05, 0) is 35.9 Å². The predicted molar refractivity (Wildman–Crippen MR) is 111 cm³/mol. The normalized spacial score (nSPS) is 10.8. The number of hydrogen-bond donors (Lipinski definition) is 0. The van der Waals surface area contributed by atoms with Crippen molar-refractivity contribution in [1.29, 1.82) is 0 Å². The summed E-state index contributed by atoms with van der Waals surface area (Å²) in [6, 6.07) is 13.5. The summed E-state index contributed by atoms with van der Waals surface area (Å²) < 4.78 is 22.4. The van der Waals surface area contributed by atoms with Gasteiger partial charge in [0, 0.05) is 35.5 Å². The molecule has 2 aromatic carbocycles. The summed E-state index contributed by atoms with van der Waals surface area (Å²) in [6.45, 7) is 0. The van der Waals surface area contributed by atoms with Crippen molar-refractivity contribution in [3.05, 3.63) is 64.8 Å². The highest BCUT2D eigenvalue weighted by Crippen LogP contribution is 2.42. The molecule has 152 valence electrons. The van der Waals surface area contributed by atoms with Crippen molar-refractivity contribution in [1.82, 2.24) is 4.98 Å². The van der Waals surface area contributed by atoms with Crippen LogP contribution in [0.2, 0.25) is 0 Å². The number of nitrogens with zero attached hydrogens (tertiary/aromatic N) is 2. The zero-order chi connectivity index (χ0) is 21.3. The van der Waals surface area contributed by atoms with E-state index in [1.54, 1.807) is 51.8 Å². The average molecular weight is 406 g/mol. The lowest BCUT2D eigenvalue weighted by molar-refractivity contribution is -0.384. The van der Waals surface area contributed by atoms with Gasteiger partial charge in [-0.3, -0.25) is 15.1 Å². The van der Waals surface area contributed by atoms with Crippen LogP contribution < -0.4 is 14.2 Å². The Morgan fingerprint density at radius 2 is 1.57 bits per heavy atom. The van der Waals surface area contributed by atoms with E-state index in [4.69, 9.17) is 18.6 Å². The molecule has 0 spiro atoms. The first-order valence-electron chi connectivity index (χ1n) is 8.99. The first-order valence-corrected chi connectivity index (χ1v) is 8.99. The molecule has 0 bridgehead atoms. The number of furan rings is 1. The first kappa shape index (κ1) is 19.3. The number of methoxy groups -OCH3 is 3. The lowest BCUT2D eigenvalue weighted by Gasteiger charge is -2.13. The van der Waals surface area contributed by atoms with E-state index in [0.29, 0.717) is 34.1 Å². The van der Waals surface area contributed by atoms with Crippen LogP contribution >= 0.6 is 0 Å². The minimum absolute atomic E-state index is 0.0293. The molecule has 2 heterocycles. The third-order valence-corrected chi connectivity index (χ3v) is 4.75. The highest BCUT2D eigenvalue weighted by Gasteiger charge is 2.18. The zero-order valence-corrected chi connectivity index (χ0v) is 16.5. The summed E-state index contributed by atoms with van der Waals surface area (Å²) in [7, 11) is 4.64. The summed E-state index contributed by atoms with van der Waals surface area (Å²) in [6.07, 6.45) is 1.67. The Bertz CT molecular complexity index is 1210. The maximum Gasteiger partial charge on any atom is 0.269 e. The fourth-order valence-corrected chi connectivity index (χ4v) is 3.29. The molecule has 4 aromatic rings. The van der Waals surface area contributed by atoms with Crippen LogP contribution in [0.1, 0.15) is 0 Å². The Hall–Kier alpha value is -4.07. The molecule has 0 N–H and O–H groups in total. The van der Waals surface area contributed by atoms with Crippen molar-refractivity contribution in [2.45, 2.75) is 0 Å². The van der Waals surface area contributed by atoms with E-state index in [9.17, 15) is 10.1 Å². The smallest absolute Gasteiger partial charge is 0.269 e. The third kappa shape index (κ3) is 3.28. The van der Waals surface area contributed by atoms with Gasteiger partial charge in [0.2, 0.25) is 5.75 Å². The van der Waals surface area contributed by atoms with Crippen LogP contribution in [0.5, 0.6) is 17.2 Å². The van der Waals surface area contributed by atoms with Crippen LogP contribution in [-0.4, -0.2) is 31.2 Å². The Kier molecular flexibility index (Phi) is 4.97. The standard InChI is InChI=1S/C22H18N2O6/c1-27-19-10-14(11-20(28-2)22(19)29-3)18-12-17-21(30-18)16(8-9-23-17)13-4-6-15(7-5-13)24(25)26/h4-12H,1-3H3. The number of hydrogen-bond acceptors (Lipinski definition) is 7. The number of nitro groups is 1. The van der Waals surface area contributed by atoms with Crippen molar-refractivity contribution in [2.75, 3.05) is 21.3 Å². The Morgan fingerprint density at radius 1 is 0.900 bits per heavy atom. The quantitative estimate of drug-likeness (QED) is 0.325. The van der Waals surface area contributed by atoms with Crippen molar-refractivity contribution < 1.29 is 23.6 Å². The number of benzene rings is 2. The molecule has 0 fully saturated rings. The van der Waals surface area contributed by atoms with Gasteiger partial charge in [-0.2, -0.15) is 0 Å². The lowest BCUT2D eigenvalue weighted by atomic mass is 10.1. The van der Waals surface area contributed by atoms with Crippen LogP contribution in [0.25, 0.3) is 33.6 Å². The van der Waals surface area contributed by atoms with Crippen LogP contribution in [0.3, 0.4) is 0 Å². The zero-order valence-electron chi connectivity index (χ0n) is 16.5. The Balaban J connectivity index is 1.84. The van der Waals surface area contributed by atoms with Gasteiger partial charge in [0.05, 0.1) is 26.3 Å². The minimum atomic E-state index is -0.429.